The van der Waals surface area contributed by atoms with Crippen molar-refractivity contribution < 1.29 is 5.84 Å². The van der Waals surface area contributed by atoms with Crippen molar-refractivity contribution in [1.29, 1.82) is 0 Å². The van der Waals surface area contributed by atoms with Crippen LogP contribution >= 0.6 is 0 Å². The number of hydrogen-bond donors (Lipinski definition) is 0. The van der Waals surface area contributed by atoms with Gasteiger partial charge in [0.25, 0.3) is 0 Å². The van der Waals surface area contributed by atoms with Gasteiger partial charge in [0.1, 0.15) is 0 Å². The molecule has 0 N–H and O–H groups in total. The number of furan rings is 1. The van der Waals surface area contributed by atoms with Gasteiger partial charge >= 0.3 is 1.43 Å². The molecule has 0 aliphatic carbocycles. The molecule has 0 atom stereocenters. The van der Waals surface area contributed by atoms with Gasteiger partial charge in [-0.25, -0.2) is 0 Å². The summed E-state index contributed by atoms with van der Waals surface area (Å²) in [5.41, 5.74) is 0. The maximum atomic E-state index is 4.96. The Labute approximate surface area is 54.4 Å². The van der Waals surface area contributed by atoms with Crippen LogP contribution in [0, 0.1) is 0 Å². The number of hydrogen-bond acceptors (Lipinski definition) is 1. The minimum Gasteiger partial charge on any atom is -0.471 e. The number of benzene rings is 1. The van der Waals surface area contributed by atoms with Gasteiger partial charge in [-0.15, -0.1) is 0 Å². The molecule has 1 aromatic heterocycles. The van der Waals surface area contributed by atoms with Gasteiger partial charge in [-0.3, -0.25) is 0 Å². The third-order valence-electron chi connectivity index (χ3n) is 1.39. The Morgan fingerprint density at radius 1 is 1.00 bits per heavy atom. The fourth-order valence-corrected chi connectivity index (χ4v) is 0.906. The maximum absolute atomic E-state index is 4.96. The van der Waals surface area contributed by atoms with Gasteiger partial charge < -0.3 is 4.42 Å². The maximum Gasteiger partial charge on any atom is 1.00 e. The fraction of sp³-hybridized carbons (Fsp3) is 0. The van der Waals surface area contributed by atoms with Crippen molar-refractivity contribution in [2.24, 2.45) is 0 Å². The van der Waals surface area contributed by atoms with Crippen molar-refractivity contribution in [3.05, 3.63) is 36.8 Å². The monoisotopic (exact) mass is 119 g/mol. The molecule has 1 heterocycles. The Morgan fingerprint density at radius 2 is 1.56 bits per heavy atom. The lowest BCUT2D eigenvalue weighted by Gasteiger charge is -1.80. The second-order valence-corrected chi connectivity index (χ2v) is 2.00. The Hall–Kier alpha value is -1.24. The summed E-state index contributed by atoms with van der Waals surface area (Å²) in [6, 6.07) is 8.05. The van der Waals surface area contributed by atoms with E-state index < -0.39 is 0 Å². The van der Waals surface area contributed by atoms with Crippen molar-refractivity contribution in [2.75, 3.05) is 0 Å². The van der Waals surface area contributed by atoms with Crippen LogP contribution in [0.5, 0.6) is 0 Å². The van der Waals surface area contributed by atoms with Gasteiger partial charge in [0.05, 0.1) is 12.5 Å². The van der Waals surface area contributed by atoms with E-state index in [1.54, 1.807) is 12.5 Å². The van der Waals surface area contributed by atoms with E-state index >= 15 is 0 Å². The molecule has 0 fully saturated rings. The first-order valence-corrected chi connectivity index (χ1v) is 2.88. The lowest BCUT2D eigenvalue weighted by molar-refractivity contribution is 0.572. The Bertz CT molecular complexity index is 283. The Morgan fingerprint density at radius 3 is 2.11 bits per heavy atom. The average molecular weight is 119 g/mol. The third kappa shape index (κ3) is 0.617. The predicted octanol–water partition coefficient (Wildman–Crippen LogP) is 2.55. The first-order chi connectivity index (χ1) is 4.47. The van der Waals surface area contributed by atoms with Crippen LogP contribution in [0.1, 0.15) is 1.43 Å². The third-order valence-corrected chi connectivity index (χ3v) is 1.39. The van der Waals surface area contributed by atoms with Crippen LogP contribution < -0.4 is 0 Å². The molecule has 0 aliphatic heterocycles. The first-order valence-electron chi connectivity index (χ1n) is 2.88. The average Bonchev–Trinajstić information content (AvgIpc) is 2.33. The summed E-state index contributed by atoms with van der Waals surface area (Å²) in [4.78, 5) is 0. The zero-order valence-corrected chi connectivity index (χ0v) is 4.87. The van der Waals surface area contributed by atoms with E-state index in [0.717, 1.165) is 10.8 Å². The van der Waals surface area contributed by atoms with Crippen molar-refractivity contribution in [2.45, 2.75) is 0 Å². The molecule has 2 rings (SSSR count). The Balaban J connectivity index is 0.000000500. The molecule has 9 heavy (non-hydrogen) atoms. The van der Waals surface area contributed by atoms with Gasteiger partial charge in [-0.05, 0) is 0 Å². The van der Waals surface area contributed by atoms with Crippen molar-refractivity contribution in [1.82, 2.24) is 0 Å². The molecule has 0 amide bonds. The molecule has 0 saturated heterocycles. The van der Waals surface area contributed by atoms with Gasteiger partial charge in [-0.1, -0.05) is 24.3 Å². The normalized spacial score (nSPS) is 10.2. The molecular formula is C8H7O+. The van der Waals surface area contributed by atoms with Crippen molar-refractivity contribution >= 4 is 10.8 Å². The highest BCUT2D eigenvalue weighted by molar-refractivity contribution is 5.80. The van der Waals surface area contributed by atoms with Crippen molar-refractivity contribution in [3.8, 4) is 0 Å². The molecule has 0 unspecified atom stereocenters. The minimum absolute atomic E-state index is 0. The molecule has 0 radical (unpaired) electrons. The van der Waals surface area contributed by atoms with E-state index in [4.69, 9.17) is 4.42 Å². The molecule has 0 bridgehead atoms. The van der Waals surface area contributed by atoms with Crippen LogP contribution in [0.25, 0.3) is 10.8 Å². The molecule has 1 nitrogen and oxygen atoms in total. The van der Waals surface area contributed by atoms with E-state index in [1.165, 1.54) is 0 Å². The molecule has 0 spiro atoms. The van der Waals surface area contributed by atoms with Gasteiger partial charge in [-0.2, -0.15) is 0 Å². The molecule has 0 saturated carbocycles. The topological polar surface area (TPSA) is 13.1 Å². The second kappa shape index (κ2) is 1.62. The van der Waals surface area contributed by atoms with E-state index in [0.29, 0.717) is 0 Å². The Kier molecular flexibility index (Phi) is 0.833. The zero-order chi connectivity index (χ0) is 6.10. The van der Waals surface area contributed by atoms with E-state index in [2.05, 4.69) is 0 Å². The van der Waals surface area contributed by atoms with Crippen LogP contribution in [0.15, 0.2) is 41.2 Å². The highest BCUT2D eigenvalue weighted by Gasteiger charge is 1.89. The summed E-state index contributed by atoms with van der Waals surface area (Å²) in [6.45, 7) is 0. The fourth-order valence-electron chi connectivity index (χ4n) is 0.906. The highest BCUT2D eigenvalue weighted by Crippen LogP contribution is 2.12. The lowest BCUT2D eigenvalue weighted by atomic mass is 10.2. The van der Waals surface area contributed by atoms with Crippen LogP contribution in [-0.2, 0) is 0 Å². The van der Waals surface area contributed by atoms with E-state index in [9.17, 15) is 0 Å². The number of rotatable bonds is 0. The summed E-state index contributed by atoms with van der Waals surface area (Å²) < 4.78 is 4.96. The van der Waals surface area contributed by atoms with Crippen LogP contribution in [0.4, 0.5) is 0 Å². The smallest absolute Gasteiger partial charge is 0.471 e. The summed E-state index contributed by atoms with van der Waals surface area (Å²) in [5.74, 6) is 0. The molecule has 0 aliphatic rings. The SMILES string of the molecule is [H+].c1ccc2cocc2c1. The summed E-state index contributed by atoms with van der Waals surface area (Å²) in [7, 11) is 0. The zero-order valence-electron chi connectivity index (χ0n) is 5.87. The molecule has 2 aromatic rings. The summed E-state index contributed by atoms with van der Waals surface area (Å²) >= 11 is 0. The highest BCUT2D eigenvalue weighted by atomic mass is 16.3. The van der Waals surface area contributed by atoms with Gasteiger partial charge in [0.15, 0.2) is 0 Å². The van der Waals surface area contributed by atoms with Gasteiger partial charge in [0, 0.05) is 10.8 Å². The quantitative estimate of drug-likeness (QED) is 0.519. The minimum atomic E-state index is 0. The van der Waals surface area contributed by atoms with Crippen LogP contribution in [-0.4, -0.2) is 0 Å². The lowest BCUT2D eigenvalue weighted by Crippen LogP contribution is -1.57. The standard InChI is InChI=1S/C8H6O/c1-2-4-8-6-9-5-7(8)3-1/h1-6H/p+1. The molecular weight excluding hydrogens is 112 g/mol. The van der Waals surface area contributed by atoms with E-state index in [-0.39, 0.29) is 1.43 Å². The van der Waals surface area contributed by atoms with Crippen molar-refractivity contribution in [3.63, 3.8) is 0 Å². The van der Waals surface area contributed by atoms with Gasteiger partial charge in [0.2, 0.25) is 0 Å². The first kappa shape index (κ1) is 4.62. The van der Waals surface area contributed by atoms with E-state index in [1.807, 2.05) is 24.3 Å². The van der Waals surface area contributed by atoms with Crippen LogP contribution in [0.2, 0.25) is 0 Å². The molecule has 1 heteroatoms. The molecule has 44 valence electrons. The molecule has 1 aromatic carbocycles. The largest absolute Gasteiger partial charge is 1.00 e. The summed E-state index contributed by atoms with van der Waals surface area (Å²) in [5, 5.41) is 2.33. The van der Waals surface area contributed by atoms with Crippen LogP contribution in [0.3, 0.4) is 0 Å². The number of fused-ring (bicyclic) bond motifs is 1. The predicted molar refractivity (Wildman–Crippen MR) is 37.3 cm³/mol. The second-order valence-electron chi connectivity index (χ2n) is 2.00. The summed E-state index contributed by atoms with van der Waals surface area (Å²) in [6.07, 6.45) is 3.49.